The Hall–Kier alpha value is -1.78. The molecule has 0 spiro atoms. The summed E-state index contributed by atoms with van der Waals surface area (Å²) in [6.45, 7) is 0. The lowest BCUT2D eigenvalue weighted by Gasteiger charge is -2.06. The summed E-state index contributed by atoms with van der Waals surface area (Å²) in [5, 5.41) is -0.0906. The quantitative estimate of drug-likeness (QED) is 0.682. The van der Waals surface area contributed by atoms with Gasteiger partial charge in [-0.25, -0.2) is 0 Å². The van der Waals surface area contributed by atoms with E-state index in [2.05, 4.69) is 0 Å². The predicted octanol–water partition coefficient (Wildman–Crippen LogP) is 3.26. The molecular formula is C10H5F3O2. The first kappa shape index (κ1) is 9.76. The van der Waals surface area contributed by atoms with Crippen LogP contribution >= 0.6 is 0 Å². The van der Waals surface area contributed by atoms with Crippen molar-refractivity contribution in [1.29, 1.82) is 0 Å². The highest BCUT2D eigenvalue weighted by Crippen LogP contribution is 2.35. The van der Waals surface area contributed by atoms with Gasteiger partial charge >= 0.3 is 6.18 Å². The number of aldehydes is 1. The molecular weight excluding hydrogens is 209 g/mol. The number of carbonyl (C=O) groups is 1. The van der Waals surface area contributed by atoms with Gasteiger partial charge in [-0.3, -0.25) is 4.79 Å². The number of hydrogen-bond acceptors (Lipinski definition) is 2. The topological polar surface area (TPSA) is 30.2 Å². The molecule has 0 N–H and O–H groups in total. The van der Waals surface area contributed by atoms with E-state index in [-0.39, 0.29) is 16.7 Å². The van der Waals surface area contributed by atoms with Gasteiger partial charge in [0.05, 0.1) is 5.56 Å². The highest BCUT2D eigenvalue weighted by atomic mass is 19.4. The summed E-state index contributed by atoms with van der Waals surface area (Å²) in [6, 6.07) is 4.67. The molecule has 1 aromatic heterocycles. The Labute approximate surface area is 82.3 Å². The molecule has 0 radical (unpaired) electrons. The highest BCUT2D eigenvalue weighted by Gasteiger charge is 2.33. The molecule has 0 unspecified atom stereocenters. The van der Waals surface area contributed by atoms with Crippen LogP contribution < -0.4 is 0 Å². The van der Waals surface area contributed by atoms with E-state index < -0.39 is 11.7 Å². The van der Waals surface area contributed by atoms with Crippen LogP contribution in [0.15, 0.2) is 28.7 Å². The van der Waals surface area contributed by atoms with Crippen LogP contribution in [0.3, 0.4) is 0 Å². The van der Waals surface area contributed by atoms with E-state index >= 15 is 0 Å². The third-order valence-corrected chi connectivity index (χ3v) is 2.00. The first-order chi connectivity index (χ1) is 7.02. The molecule has 0 fully saturated rings. The fourth-order valence-corrected chi connectivity index (χ4v) is 1.39. The van der Waals surface area contributed by atoms with Gasteiger partial charge in [0.25, 0.3) is 0 Å². The predicted molar refractivity (Wildman–Crippen MR) is 46.6 cm³/mol. The number of alkyl halides is 3. The fourth-order valence-electron chi connectivity index (χ4n) is 1.39. The van der Waals surface area contributed by atoms with Crippen molar-refractivity contribution in [3.63, 3.8) is 0 Å². The van der Waals surface area contributed by atoms with Crippen molar-refractivity contribution in [2.75, 3.05) is 0 Å². The van der Waals surface area contributed by atoms with E-state index in [0.717, 1.165) is 12.1 Å². The molecule has 0 amide bonds. The monoisotopic (exact) mass is 214 g/mol. The normalized spacial score (nSPS) is 11.9. The SMILES string of the molecule is O=Cc1cc2c(C(F)(F)F)cccc2o1. The molecule has 0 aliphatic heterocycles. The van der Waals surface area contributed by atoms with Crippen molar-refractivity contribution in [3.05, 3.63) is 35.6 Å². The maximum atomic E-state index is 12.5. The molecule has 78 valence electrons. The number of rotatable bonds is 1. The van der Waals surface area contributed by atoms with E-state index in [1.165, 1.54) is 12.1 Å². The van der Waals surface area contributed by atoms with Crippen LogP contribution in [0, 0.1) is 0 Å². The van der Waals surface area contributed by atoms with Crippen molar-refractivity contribution >= 4 is 17.3 Å². The molecule has 1 heterocycles. The molecule has 5 heteroatoms. The van der Waals surface area contributed by atoms with Gasteiger partial charge in [0.1, 0.15) is 5.58 Å². The second-order valence-electron chi connectivity index (χ2n) is 2.98. The van der Waals surface area contributed by atoms with Crippen LogP contribution in [0.2, 0.25) is 0 Å². The lowest BCUT2D eigenvalue weighted by atomic mass is 10.1. The van der Waals surface area contributed by atoms with E-state index in [1.807, 2.05) is 0 Å². The molecule has 2 aromatic rings. The smallest absolute Gasteiger partial charge is 0.417 e. The van der Waals surface area contributed by atoms with Crippen LogP contribution in [-0.4, -0.2) is 6.29 Å². The van der Waals surface area contributed by atoms with Gasteiger partial charge < -0.3 is 4.42 Å². The van der Waals surface area contributed by atoms with E-state index in [9.17, 15) is 18.0 Å². The van der Waals surface area contributed by atoms with Gasteiger partial charge in [-0.1, -0.05) is 6.07 Å². The van der Waals surface area contributed by atoms with Gasteiger partial charge in [0.15, 0.2) is 12.0 Å². The van der Waals surface area contributed by atoms with Gasteiger partial charge in [-0.15, -0.1) is 0 Å². The zero-order valence-corrected chi connectivity index (χ0v) is 7.34. The highest BCUT2D eigenvalue weighted by molar-refractivity contribution is 5.87. The zero-order chi connectivity index (χ0) is 11.1. The minimum atomic E-state index is -4.44. The average molecular weight is 214 g/mol. The Kier molecular flexibility index (Phi) is 2.03. The van der Waals surface area contributed by atoms with Gasteiger partial charge in [-0.2, -0.15) is 13.2 Å². The van der Waals surface area contributed by atoms with Crippen LogP contribution in [0.4, 0.5) is 13.2 Å². The van der Waals surface area contributed by atoms with E-state index in [1.54, 1.807) is 0 Å². The Morgan fingerprint density at radius 3 is 2.60 bits per heavy atom. The maximum Gasteiger partial charge on any atom is 0.417 e. The summed E-state index contributed by atoms with van der Waals surface area (Å²) in [5.74, 6) is -0.110. The standard InChI is InChI=1S/C10H5F3O2/c11-10(12,13)8-2-1-3-9-7(8)4-6(5-14)15-9/h1-5H. The largest absolute Gasteiger partial charge is 0.453 e. The number of halogens is 3. The summed E-state index contributed by atoms with van der Waals surface area (Å²) in [4.78, 5) is 10.4. The van der Waals surface area contributed by atoms with Crippen LogP contribution in [0.5, 0.6) is 0 Å². The fraction of sp³-hybridized carbons (Fsp3) is 0.100. The third kappa shape index (κ3) is 1.60. The number of carbonyl (C=O) groups excluding carboxylic acids is 1. The van der Waals surface area contributed by atoms with Crippen molar-refractivity contribution in [2.24, 2.45) is 0 Å². The third-order valence-electron chi connectivity index (χ3n) is 2.00. The van der Waals surface area contributed by atoms with Crippen LogP contribution in [-0.2, 0) is 6.18 Å². The minimum absolute atomic E-state index is 0.0620. The average Bonchev–Trinajstić information content (AvgIpc) is 2.57. The summed E-state index contributed by atoms with van der Waals surface area (Å²) in [6.07, 6.45) is -4.07. The molecule has 0 saturated heterocycles. The lowest BCUT2D eigenvalue weighted by Crippen LogP contribution is -2.04. The first-order valence-corrected chi connectivity index (χ1v) is 4.07. The van der Waals surface area contributed by atoms with Gasteiger partial charge in [-0.05, 0) is 18.2 Å². The molecule has 15 heavy (non-hydrogen) atoms. The Bertz CT molecular complexity index is 511. The molecule has 0 atom stereocenters. The van der Waals surface area contributed by atoms with Crippen LogP contribution in [0.25, 0.3) is 11.0 Å². The summed E-state index contributed by atoms with van der Waals surface area (Å²) < 4.78 is 42.4. The number of benzene rings is 1. The van der Waals surface area contributed by atoms with Crippen molar-refractivity contribution < 1.29 is 22.4 Å². The van der Waals surface area contributed by atoms with Gasteiger partial charge in [0.2, 0.25) is 0 Å². The maximum absolute atomic E-state index is 12.5. The molecule has 1 aromatic carbocycles. The second kappa shape index (κ2) is 3.12. The Morgan fingerprint density at radius 1 is 1.27 bits per heavy atom. The minimum Gasteiger partial charge on any atom is -0.453 e. The van der Waals surface area contributed by atoms with Crippen molar-refractivity contribution in [1.82, 2.24) is 0 Å². The summed E-state index contributed by atoms with van der Waals surface area (Å²) >= 11 is 0. The molecule has 0 aliphatic carbocycles. The molecule has 0 aliphatic rings. The zero-order valence-electron chi connectivity index (χ0n) is 7.34. The van der Waals surface area contributed by atoms with Crippen molar-refractivity contribution in [3.8, 4) is 0 Å². The van der Waals surface area contributed by atoms with Crippen molar-refractivity contribution in [2.45, 2.75) is 6.18 Å². The molecule has 0 bridgehead atoms. The van der Waals surface area contributed by atoms with E-state index in [4.69, 9.17) is 4.42 Å². The first-order valence-electron chi connectivity index (χ1n) is 4.07. The Balaban J connectivity index is 2.75. The number of fused-ring (bicyclic) bond motifs is 1. The Morgan fingerprint density at radius 2 is 2.00 bits per heavy atom. The van der Waals surface area contributed by atoms with E-state index in [0.29, 0.717) is 6.29 Å². The lowest BCUT2D eigenvalue weighted by molar-refractivity contribution is -0.136. The van der Waals surface area contributed by atoms with Gasteiger partial charge in [0, 0.05) is 5.39 Å². The summed E-state index contributed by atoms with van der Waals surface area (Å²) in [5.41, 5.74) is -0.733. The molecule has 0 saturated carbocycles. The number of hydrogen-bond donors (Lipinski definition) is 0. The second-order valence-corrected chi connectivity index (χ2v) is 2.98. The summed E-state index contributed by atoms with van der Waals surface area (Å²) in [7, 11) is 0. The van der Waals surface area contributed by atoms with Crippen LogP contribution in [0.1, 0.15) is 16.1 Å². The molecule has 2 rings (SSSR count). The molecule has 2 nitrogen and oxygen atoms in total. The number of furan rings is 1.